The molecule has 0 radical (unpaired) electrons. The van der Waals surface area contributed by atoms with Crippen LogP contribution in [0.2, 0.25) is 0 Å². The van der Waals surface area contributed by atoms with Crippen molar-refractivity contribution in [3.05, 3.63) is 56.2 Å². The van der Waals surface area contributed by atoms with E-state index < -0.39 is 17.2 Å². The number of carbonyl (C=O) groups is 1. The number of hydrogen-bond acceptors (Lipinski definition) is 6. The average molecular weight is 385 g/mol. The first kappa shape index (κ1) is 20.9. The number of anilines is 2. The van der Waals surface area contributed by atoms with Crippen molar-refractivity contribution in [2.24, 2.45) is 0 Å². The first-order chi connectivity index (χ1) is 13.4. The summed E-state index contributed by atoms with van der Waals surface area (Å²) >= 11 is 0. The minimum Gasteiger partial charge on any atom is -0.383 e. The van der Waals surface area contributed by atoms with Crippen LogP contribution in [0.5, 0.6) is 0 Å². The van der Waals surface area contributed by atoms with Crippen LogP contribution in [0.4, 0.5) is 11.5 Å². The molecule has 0 saturated carbocycles. The Morgan fingerprint density at radius 2 is 2.00 bits per heavy atom. The highest BCUT2D eigenvalue weighted by Crippen LogP contribution is 2.20. The molecular weight excluding hydrogens is 362 g/mol. The van der Waals surface area contributed by atoms with E-state index in [1.807, 2.05) is 13.0 Å². The molecule has 0 aliphatic rings. The zero-order chi connectivity index (χ0) is 20.7. The standard InChI is InChI=1S/C19H23N5O4/c1-3-4-9-24-16(21)15(17(25)22-19(24)27)23(10-11-28-2)18(26)14-7-5-13(12-20)6-8-14/h5-8H,3-4,9-11,21H2,1-2H3,(H,22,25,27). The number of amides is 1. The Morgan fingerprint density at radius 3 is 2.57 bits per heavy atom. The second-order valence-electron chi connectivity index (χ2n) is 6.14. The van der Waals surface area contributed by atoms with Crippen LogP contribution < -0.4 is 21.9 Å². The zero-order valence-electron chi connectivity index (χ0n) is 15.9. The van der Waals surface area contributed by atoms with Crippen LogP contribution in [-0.4, -0.2) is 35.7 Å². The van der Waals surface area contributed by atoms with Crippen molar-refractivity contribution >= 4 is 17.4 Å². The van der Waals surface area contributed by atoms with E-state index in [2.05, 4.69) is 4.98 Å². The topological polar surface area (TPSA) is 134 Å². The van der Waals surface area contributed by atoms with Crippen molar-refractivity contribution in [2.45, 2.75) is 26.3 Å². The maximum absolute atomic E-state index is 13.1. The number of methoxy groups -OCH3 is 1. The van der Waals surface area contributed by atoms with Gasteiger partial charge in [-0.1, -0.05) is 13.3 Å². The number of nitrogens with two attached hydrogens (primary N) is 1. The van der Waals surface area contributed by atoms with Gasteiger partial charge in [-0.25, -0.2) is 4.79 Å². The van der Waals surface area contributed by atoms with Crippen molar-refractivity contribution in [3.8, 4) is 6.07 Å². The predicted molar refractivity (Wildman–Crippen MR) is 105 cm³/mol. The Morgan fingerprint density at radius 1 is 1.32 bits per heavy atom. The van der Waals surface area contributed by atoms with E-state index in [9.17, 15) is 14.4 Å². The first-order valence-corrected chi connectivity index (χ1v) is 8.88. The largest absolute Gasteiger partial charge is 0.383 e. The van der Waals surface area contributed by atoms with Crippen molar-refractivity contribution in [2.75, 3.05) is 30.9 Å². The van der Waals surface area contributed by atoms with E-state index in [1.165, 1.54) is 40.8 Å². The SMILES string of the molecule is CCCCn1c(N)c(N(CCOC)C(=O)c2ccc(C#N)cc2)c(=O)[nH]c1=O. The van der Waals surface area contributed by atoms with Gasteiger partial charge in [0.15, 0.2) is 5.69 Å². The molecule has 9 nitrogen and oxygen atoms in total. The van der Waals surface area contributed by atoms with Crippen LogP contribution in [0.25, 0.3) is 0 Å². The molecule has 148 valence electrons. The van der Waals surface area contributed by atoms with Gasteiger partial charge >= 0.3 is 5.69 Å². The molecule has 0 aliphatic heterocycles. The summed E-state index contributed by atoms with van der Waals surface area (Å²) in [6.07, 6.45) is 1.52. The second-order valence-corrected chi connectivity index (χ2v) is 6.14. The number of hydrogen-bond donors (Lipinski definition) is 2. The van der Waals surface area contributed by atoms with Gasteiger partial charge in [0.25, 0.3) is 11.5 Å². The Balaban J connectivity index is 2.55. The Bertz CT molecular complexity index is 985. The average Bonchev–Trinajstić information content (AvgIpc) is 2.69. The fraction of sp³-hybridized carbons (Fsp3) is 0.368. The van der Waals surface area contributed by atoms with Gasteiger partial charge in [0.2, 0.25) is 0 Å². The van der Waals surface area contributed by atoms with Crippen molar-refractivity contribution in [1.29, 1.82) is 5.26 Å². The van der Waals surface area contributed by atoms with E-state index in [0.717, 1.165) is 6.42 Å². The van der Waals surface area contributed by atoms with Crippen molar-refractivity contribution in [3.63, 3.8) is 0 Å². The third-order valence-electron chi connectivity index (χ3n) is 4.24. The van der Waals surface area contributed by atoms with Crippen LogP contribution in [-0.2, 0) is 11.3 Å². The molecule has 0 aliphatic carbocycles. The highest BCUT2D eigenvalue weighted by atomic mass is 16.5. The third kappa shape index (κ3) is 4.47. The van der Waals surface area contributed by atoms with Crippen LogP contribution in [0, 0.1) is 11.3 Å². The van der Waals surface area contributed by atoms with Gasteiger partial charge in [0, 0.05) is 25.8 Å². The molecule has 1 amide bonds. The van der Waals surface area contributed by atoms with Crippen molar-refractivity contribution in [1.82, 2.24) is 9.55 Å². The number of unbranched alkanes of at least 4 members (excludes halogenated alkanes) is 1. The van der Waals surface area contributed by atoms with Crippen LogP contribution in [0.15, 0.2) is 33.9 Å². The number of benzene rings is 1. The summed E-state index contributed by atoms with van der Waals surface area (Å²) in [4.78, 5) is 41.1. The van der Waals surface area contributed by atoms with E-state index in [1.54, 1.807) is 0 Å². The summed E-state index contributed by atoms with van der Waals surface area (Å²) in [5.74, 6) is -0.556. The van der Waals surface area contributed by atoms with E-state index in [-0.39, 0.29) is 30.2 Å². The summed E-state index contributed by atoms with van der Waals surface area (Å²) in [5.41, 5.74) is 5.36. The molecule has 28 heavy (non-hydrogen) atoms. The van der Waals surface area contributed by atoms with Crippen LogP contribution in [0.1, 0.15) is 35.7 Å². The summed E-state index contributed by atoms with van der Waals surface area (Å²) in [6, 6.07) is 8.00. The summed E-state index contributed by atoms with van der Waals surface area (Å²) in [6.45, 7) is 2.52. The molecule has 1 aromatic carbocycles. The van der Waals surface area contributed by atoms with Gasteiger partial charge in [0.05, 0.1) is 18.2 Å². The second kappa shape index (κ2) is 9.53. The Labute approximate surface area is 162 Å². The molecule has 2 rings (SSSR count). The Hall–Kier alpha value is -3.38. The lowest BCUT2D eigenvalue weighted by Crippen LogP contribution is -2.42. The number of rotatable bonds is 8. The van der Waals surface area contributed by atoms with E-state index >= 15 is 0 Å². The molecule has 0 spiro atoms. The van der Waals surface area contributed by atoms with Gasteiger partial charge in [-0.2, -0.15) is 5.26 Å². The number of aromatic nitrogens is 2. The van der Waals surface area contributed by atoms with E-state index in [0.29, 0.717) is 18.5 Å². The lowest BCUT2D eigenvalue weighted by Gasteiger charge is -2.24. The maximum atomic E-state index is 13.1. The molecule has 0 atom stereocenters. The normalized spacial score (nSPS) is 10.5. The van der Waals surface area contributed by atoms with Gasteiger partial charge in [-0.05, 0) is 30.7 Å². The third-order valence-corrected chi connectivity index (χ3v) is 4.24. The molecule has 0 unspecified atom stereocenters. The summed E-state index contributed by atoms with van der Waals surface area (Å²) in [5, 5.41) is 8.91. The highest BCUT2D eigenvalue weighted by Gasteiger charge is 2.25. The zero-order valence-corrected chi connectivity index (χ0v) is 15.9. The first-order valence-electron chi connectivity index (χ1n) is 8.88. The monoisotopic (exact) mass is 385 g/mol. The molecule has 9 heteroatoms. The molecule has 0 fully saturated rings. The summed E-state index contributed by atoms with van der Waals surface area (Å²) < 4.78 is 6.31. The van der Waals surface area contributed by atoms with Crippen molar-refractivity contribution < 1.29 is 9.53 Å². The molecule has 0 saturated heterocycles. The molecule has 1 heterocycles. The Kier molecular flexibility index (Phi) is 7.12. The molecule has 0 bridgehead atoms. The number of nitriles is 1. The minimum absolute atomic E-state index is 0.0641. The number of nitrogens with zero attached hydrogens (tertiary/aromatic N) is 3. The van der Waals surface area contributed by atoms with Crippen LogP contribution >= 0.6 is 0 Å². The predicted octanol–water partition coefficient (Wildman–Crippen LogP) is 1.08. The highest BCUT2D eigenvalue weighted by molar-refractivity contribution is 6.07. The van der Waals surface area contributed by atoms with Gasteiger partial charge < -0.3 is 10.5 Å². The number of aromatic amines is 1. The number of nitrogen functional groups attached to an aromatic ring is 1. The van der Waals surface area contributed by atoms with E-state index in [4.69, 9.17) is 15.7 Å². The van der Waals surface area contributed by atoms with Gasteiger partial charge in [-0.15, -0.1) is 0 Å². The fourth-order valence-electron chi connectivity index (χ4n) is 2.72. The minimum atomic E-state index is -0.742. The number of H-pyrrole nitrogens is 1. The molecule has 3 N–H and O–H groups in total. The maximum Gasteiger partial charge on any atom is 0.330 e. The van der Waals surface area contributed by atoms with Gasteiger partial charge in [-0.3, -0.25) is 24.0 Å². The van der Waals surface area contributed by atoms with Crippen LogP contribution in [0.3, 0.4) is 0 Å². The summed E-state index contributed by atoms with van der Waals surface area (Å²) in [7, 11) is 1.47. The molecule has 2 aromatic rings. The van der Waals surface area contributed by atoms with Gasteiger partial charge in [0.1, 0.15) is 5.82 Å². The molecular formula is C19H23N5O4. The lowest BCUT2D eigenvalue weighted by molar-refractivity contribution is 0.0975. The quantitative estimate of drug-likeness (QED) is 0.698. The number of carbonyl (C=O) groups excluding carboxylic acids is 1. The lowest BCUT2D eigenvalue weighted by atomic mass is 10.1. The fourth-order valence-corrected chi connectivity index (χ4v) is 2.72. The number of nitrogens with one attached hydrogen (secondary N) is 1. The smallest absolute Gasteiger partial charge is 0.330 e. The molecule has 1 aromatic heterocycles. The number of ether oxygens (including phenoxy) is 1.